The molecule has 31 heavy (non-hydrogen) atoms. The van der Waals surface area contributed by atoms with Gasteiger partial charge in [-0.05, 0) is 59.8 Å². The summed E-state index contributed by atoms with van der Waals surface area (Å²) < 4.78 is 6.26. The first-order valence-corrected chi connectivity index (χ1v) is 11.3. The van der Waals surface area contributed by atoms with Gasteiger partial charge in [-0.15, -0.1) is 0 Å². The number of morpholine rings is 1. The molecule has 7 nitrogen and oxygen atoms in total. The van der Waals surface area contributed by atoms with Crippen LogP contribution in [-0.2, 0) is 14.3 Å². The number of carbonyl (C=O) groups excluding carboxylic acids is 3. The zero-order chi connectivity index (χ0) is 21.8. The number of ether oxygens (including phenoxy) is 1. The highest BCUT2D eigenvalue weighted by Crippen LogP contribution is 2.32. The monoisotopic (exact) mass is 501 g/mol. The number of anilines is 2. The predicted molar refractivity (Wildman–Crippen MR) is 125 cm³/mol. The molecule has 0 aromatic heterocycles. The van der Waals surface area contributed by atoms with Crippen LogP contribution < -0.4 is 10.2 Å². The van der Waals surface area contributed by atoms with Crippen LogP contribution in [0.15, 0.2) is 57.9 Å². The molecule has 0 aliphatic carbocycles. The maximum absolute atomic E-state index is 12.7. The molecule has 2 heterocycles. The summed E-state index contributed by atoms with van der Waals surface area (Å²) in [5, 5.41) is 2.24. The third-order valence-electron chi connectivity index (χ3n) is 4.87. The summed E-state index contributed by atoms with van der Waals surface area (Å²) >= 11 is 4.17. The standard InChI is InChI=1S/C22H20BrN3O4S/c23-16-3-5-17(6-4-16)24-20(27)14-26-21(28)19(31-22(26)29)13-15-1-7-18(8-2-15)25-9-11-30-12-10-25/h1-8,13H,9-12,14H2,(H,24,27)/b19-13-. The van der Waals surface area contributed by atoms with E-state index in [1.54, 1.807) is 30.3 Å². The maximum Gasteiger partial charge on any atom is 0.294 e. The van der Waals surface area contributed by atoms with Gasteiger partial charge in [0.1, 0.15) is 6.54 Å². The number of carbonyl (C=O) groups is 3. The molecule has 2 saturated heterocycles. The number of nitrogens with one attached hydrogen (secondary N) is 1. The lowest BCUT2D eigenvalue weighted by molar-refractivity contribution is -0.127. The van der Waals surface area contributed by atoms with Crippen LogP contribution in [0.3, 0.4) is 0 Å². The Hall–Kier alpha value is -2.62. The first kappa shape index (κ1) is 21.6. The van der Waals surface area contributed by atoms with Crippen molar-refractivity contribution in [3.63, 3.8) is 0 Å². The highest BCUT2D eigenvalue weighted by atomic mass is 79.9. The van der Waals surface area contributed by atoms with Gasteiger partial charge in [0, 0.05) is 28.9 Å². The van der Waals surface area contributed by atoms with Gasteiger partial charge < -0.3 is 15.0 Å². The van der Waals surface area contributed by atoms with Crippen LogP contribution in [0.4, 0.5) is 16.2 Å². The molecule has 1 N–H and O–H groups in total. The average Bonchev–Trinajstić information content (AvgIpc) is 3.04. The van der Waals surface area contributed by atoms with Gasteiger partial charge in [0.05, 0.1) is 18.1 Å². The first-order valence-electron chi connectivity index (χ1n) is 9.73. The molecule has 9 heteroatoms. The van der Waals surface area contributed by atoms with Crippen molar-refractivity contribution < 1.29 is 19.1 Å². The summed E-state index contributed by atoms with van der Waals surface area (Å²) in [5.74, 6) is -0.890. The van der Waals surface area contributed by atoms with Gasteiger partial charge in [0.2, 0.25) is 5.91 Å². The molecule has 0 radical (unpaired) electrons. The number of amides is 3. The Bertz CT molecular complexity index is 1020. The number of hydrogen-bond acceptors (Lipinski definition) is 6. The molecule has 2 fully saturated rings. The SMILES string of the molecule is O=C(CN1C(=O)S/C(=C\c2ccc(N3CCOCC3)cc2)C1=O)Nc1ccc(Br)cc1. The van der Waals surface area contributed by atoms with Crippen LogP contribution in [0.25, 0.3) is 6.08 Å². The van der Waals surface area contributed by atoms with Gasteiger partial charge in [-0.1, -0.05) is 28.1 Å². The van der Waals surface area contributed by atoms with E-state index in [0.29, 0.717) is 23.8 Å². The molecule has 2 aromatic rings. The van der Waals surface area contributed by atoms with Crippen molar-refractivity contribution in [2.24, 2.45) is 0 Å². The summed E-state index contributed by atoms with van der Waals surface area (Å²) in [5.41, 5.74) is 2.51. The van der Waals surface area contributed by atoms with Crippen molar-refractivity contribution in [2.75, 3.05) is 43.1 Å². The molecule has 2 aliphatic rings. The predicted octanol–water partition coefficient (Wildman–Crippen LogP) is 3.96. The third-order valence-corrected chi connectivity index (χ3v) is 6.31. The molecule has 2 aromatic carbocycles. The second-order valence-electron chi connectivity index (χ2n) is 7.01. The van der Waals surface area contributed by atoms with Crippen molar-refractivity contribution >= 4 is 62.2 Å². The Morgan fingerprint density at radius 3 is 2.42 bits per heavy atom. The molecule has 0 atom stereocenters. The minimum atomic E-state index is -0.460. The normalized spacial score (nSPS) is 18.0. The fourth-order valence-electron chi connectivity index (χ4n) is 3.27. The van der Waals surface area contributed by atoms with Crippen molar-refractivity contribution in [3.8, 4) is 0 Å². The lowest BCUT2D eigenvalue weighted by Crippen LogP contribution is -2.36. The van der Waals surface area contributed by atoms with Crippen LogP contribution in [-0.4, -0.2) is 54.8 Å². The van der Waals surface area contributed by atoms with Crippen LogP contribution in [0.1, 0.15) is 5.56 Å². The number of thioether (sulfide) groups is 1. The smallest absolute Gasteiger partial charge is 0.294 e. The fraction of sp³-hybridized carbons (Fsp3) is 0.227. The minimum absolute atomic E-state index is 0.306. The molecule has 4 rings (SSSR count). The van der Waals surface area contributed by atoms with Crippen LogP contribution in [0.5, 0.6) is 0 Å². The van der Waals surface area contributed by atoms with Gasteiger partial charge in [-0.2, -0.15) is 0 Å². The number of hydrogen-bond donors (Lipinski definition) is 1. The zero-order valence-electron chi connectivity index (χ0n) is 16.5. The summed E-state index contributed by atoms with van der Waals surface area (Å²) in [6.45, 7) is 2.80. The lowest BCUT2D eigenvalue weighted by Gasteiger charge is -2.28. The summed E-state index contributed by atoms with van der Waals surface area (Å²) in [6.07, 6.45) is 1.68. The second-order valence-corrected chi connectivity index (χ2v) is 8.92. The van der Waals surface area contributed by atoms with E-state index in [1.807, 2.05) is 24.3 Å². The number of halogens is 1. The van der Waals surface area contributed by atoms with E-state index in [-0.39, 0.29) is 6.54 Å². The van der Waals surface area contributed by atoms with Crippen molar-refractivity contribution in [1.29, 1.82) is 0 Å². The molecule has 0 unspecified atom stereocenters. The van der Waals surface area contributed by atoms with E-state index in [4.69, 9.17) is 4.74 Å². The Morgan fingerprint density at radius 2 is 1.74 bits per heavy atom. The largest absolute Gasteiger partial charge is 0.378 e. The van der Waals surface area contributed by atoms with E-state index in [0.717, 1.165) is 45.5 Å². The number of rotatable bonds is 5. The molecule has 0 spiro atoms. The maximum atomic E-state index is 12.7. The quantitative estimate of drug-likeness (QED) is 0.624. The Kier molecular flexibility index (Phi) is 6.74. The van der Waals surface area contributed by atoms with E-state index in [1.165, 1.54) is 0 Å². The van der Waals surface area contributed by atoms with Gasteiger partial charge in [-0.25, -0.2) is 0 Å². The van der Waals surface area contributed by atoms with Gasteiger partial charge in [-0.3, -0.25) is 19.3 Å². The van der Waals surface area contributed by atoms with E-state index in [2.05, 4.69) is 26.1 Å². The third kappa shape index (κ3) is 5.36. The highest BCUT2D eigenvalue weighted by molar-refractivity contribution is 9.10. The summed E-state index contributed by atoms with van der Waals surface area (Å²) in [7, 11) is 0. The van der Waals surface area contributed by atoms with Crippen LogP contribution in [0, 0.1) is 0 Å². The molecule has 160 valence electrons. The van der Waals surface area contributed by atoms with E-state index < -0.39 is 17.1 Å². The zero-order valence-corrected chi connectivity index (χ0v) is 18.9. The van der Waals surface area contributed by atoms with Crippen LogP contribution in [0.2, 0.25) is 0 Å². The van der Waals surface area contributed by atoms with Crippen molar-refractivity contribution in [1.82, 2.24) is 4.90 Å². The first-order chi connectivity index (χ1) is 15.0. The van der Waals surface area contributed by atoms with E-state index >= 15 is 0 Å². The molecule has 0 bridgehead atoms. The van der Waals surface area contributed by atoms with Crippen LogP contribution >= 0.6 is 27.7 Å². The minimum Gasteiger partial charge on any atom is -0.378 e. The average molecular weight is 502 g/mol. The van der Waals surface area contributed by atoms with Gasteiger partial charge in [0.15, 0.2) is 0 Å². The topological polar surface area (TPSA) is 79.0 Å². The van der Waals surface area contributed by atoms with Gasteiger partial charge in [0.25, 0.3) is 11.1 Å². The fourth-order valence-corrected chi connectivity index (χ4v) is 4.37. The van der Waals surface area contributed by atoms with E-state index in [9.17, 15) is 14.4 Å². The van der Waals surface area contributed by atoms with Crippen molar-refractivity contribution in [3.05, 3.63) is 63.5 Å². The molecule has 3 amide bonds. The Morgan fingerprint density at radius 1 is 1.06 bits per heavy atom. The number of nitrogens with zero attached hydrogens (tertiary/aromatic N) is 2. The van der Waals surface area contributed by atoms with Crippen molar-refractivity contribution in [2.45, 2.75) is 0 Å². The number of imide groups is 1. The Labute approximate surface area is 192 Å². The molecular weight excluding hydrogens is 482 g/mol. The lowest BCUT2D eigenvalue weighted by atomic mass is 10.1. The molecule has 0 saturated carbocycles. The summed E-state index contributed by atoms with van der Waals surface area (Å²) in [4.78, 5) is 40.8. The highest BCUT2D eigenvalue weighted by Gasteiger charge is 2.36. The van der Waals surface area contributed by atoms with Gasteiger partial charge >= 0.3 is 0 Å². The second kappa shape index (κ2) is 9.67. The Balaban J connectivity index is 1.39. The number of benzene rings is 2. The summed E-state index contributed by atoms with van der Waals surface area (Å²) in [6, 6.07) is 14.9. The molecular formula is C22H20BrN3O4S. The molecule has 2 aliphatic heterocycles.